The fourth-order valence-corrected chi connectivity index (χ4v) is 6.59. The van der Waals surface area contributed by atoms with E-state index in [9.17, 15) is 4.79 Å². The molecule has 2 aromatic heterocycles. The third-order valence-corrected chi connectivity index (χ3v) is 8.93. The highest BCUT2D eigenvalue weighted by molar-refractivity contribution is 6.35. The van der Waals surface area contributed by atoms with Gasteiger partial charge in [-0.1, -0.05) is 29.3 Å². The largest absolute Gasteiger partial charge is 0.491 e. The van der Waals surface area contributed by atoms with Gasteiger partial charge >= 0.3 is 5.69 Å². The van der Waals surface area contributed by atoms with Crippen molar-refractivity contribution >= 4 is 34.6 Å². The van der Waals surface area contributed by atoms with Crippen molar-refractivity contribution in [1.82, 2.24) is 24.3 Å². The van der Waals surface area contributed by atoms with Gasteiger partial charge in [-0.15, -0.1) is 0 Å². The van der Waals surface area contributed by atoms with Crippen LogP contribution in [-0.4, -0.2) is 81.0 Å². The second-order valence-corrected chi connectivity index (χ2v) is 13.3. The number of anilines is 2. The zero-order chi connectivity index (χ0) is 35.3. The van der Waals surface area contributed by atoms with E-state index < -0.39 is 5.79 Å². The molecule has 0 spiro atoms. The first kappa shape index (κ1) is 35.5. The van der Waals surface area contributed by atoms with Crippen LogP contribution in [0.3, 0.4) is 0 Å². The summed E-state index contributed by atoms with van der Waals surface area (Å²) in [5, 5.41) is 15.5. The minimum absolute atomic E-state index is 0.167. The van der Waals surface area contributed by atoms with Gasteiger partial charge in [0.25, 0.3) is 0 Å². The van der Waals surface area contributed by atoms with Crippen LogP contribution in [0.2, 0.25) is 10.0 Å². The normalized spacial score (nSPS) is 19.1. The molecular weight excluding hydrogens is 681 g/mol. The molecule has 0 saturated carbocycles. The molecule has 0 aliphatic carbocycles. The van der Waals surface area contributed by atoms with E-state index in [1.54, 1.807) is 50.0 Å². The highest BCUT2D eigenvalue weighted by atomic mass is 35.5. The molecule has 14 heteroatoms. The summed E-state index contributed by atoms with van der Waals surface area (Å²) in [6.45, 7) is 9.85. The molecule has 4 heterocycles. The second kappa shape index (κ2) is 15.7. The summed E-state index contributed by atoms with van der Waals surface area (Å²) >= 11 is 12.8. The molecule has 2 aliphatic heterocycles. The number of benzene rings is 3. The fraction of sp³-hybridized carbons (Fsp3) is 0.361. The zero-order valence-electron chi connectivity index (χ0n) is 28.2. The lowest BCUT2D eigenvalue weighted by molar-refractivity contribution is -0.189. The summed E-state index contributed by atoms with van der Waals surface area (Å²) < 4.78 is 22.4. The van der Waals surface area contributed by atoms with E-state index in [4.69, 9.17) is 42.5 Å². The van der Waals surface area contributed by atoms with Crippen LogP contribution in [0.1, 0.15) is 25.2 Å². The lowest BCUT2D eigenvalue weighted by atomic mass is 10.1. The van der Waals surface area contributed by atoms with Gasteiger partial charge in [0.1, 0.15) is 24.3 Å². The number of aryl methyl sites for hydroxylation is 1. The molecule has 264 valence electrons. The summed E-state index contributed by atoms with van der Waals surface area (Å²) in [4.78, 5) is 20.9. The van der Waals surface area contributed by atoms with Crippen LogP contribution in [-0.2, 0) is 21.8 Å². The van der Waals surface area contributed by atoms with Crippen molar-refractivity contribution in [2.75, 3.05) is 49.2 Å². The summed E-state index contributed by atoms with van der Waals surface area (Å²) in [7, 11) is 0. The molecule has 2 N–H and O–H groups in total. The summed E-state index contributed by atoms with van der Waals surface area (Å²) in [5.74, 6) is 0.296. The van der Waals surface area contributed by atoms with E-state index in [0.717, 1.165) is 49.0 Å². The van der Waals surface area contributed by atoms with E-state index in [0.29, 0.717) is 41.2 Å². The van der Waals surface area contributed by atoms with Crippen molar-refractivity contribution in [2.45, 2.75) is 45.3 Å². The van der Waals surface area contributed by atoms with Crippen molar-refractivity contribution in [3.63, 3.8) is 0 Å². The standard InChI is InChI=1S/C33H33Cl2N7O4.C3H8O/c1-23-37-38-32(43)42(23)27-5-3-25(4-6-27)40-14-16-41(17-15-40)26-7-9-28(10-8-26)44-19-29-20-45-33(46-29,21-39-13-12-36-22-39)30-11-2-24(34)18-31(30)35;1-3(2)4/h2-13,18,22,29H,14-17,19-21H2,1H3,(H,38,43);3-4H,1-2H3. The van der Waals surface area contributed by atoms with Crippen LogP contribution in [0, 0.1) is 6.92 Å². The SMILES string of the molecule is CC(C)O.Cc1n[nH]c(=O)n1-c1ccc(N2CCN(c3ccc(OCC4COC(Cn5ccnc5)(c5ccc(Cl)cc5Cl)O4)cc3)CC2)cc1. The van der Waals surface area contributed by atoms with Crippen molar-refractivity contribution < 1.29 is 19.3 Å². The van der Waals surface area contributed by atoms with E-state index in [-0.39, 0.29) is 17.9 Å². The van der Waals surface area contributed by atoms with E-state index in [1.807, 2.05) is 41.1 Å². The lowest BCUT2D eigenvalue weighted by Crippen LogP contribution is -2.46. The Balaban J connectivity index is 0.00000103. The Morgan fingerprint density at radius 3 is 2.16 bits per heavy atom. The zero-order valence-corrected chi connectivity index (χ0v) is 29.7. The van der Waals surface area contributed by atoms with Crippen LogP contribution >= 0.6 is 23.2 Å². The van der Waals surface area contributed by atoms with Gasteiger partial charge in [-0.05, 0) is 81.4 Å². The Labute approximate surface area is 300 Å². The predicted octanol–water partition coefficient (Wildman–Crippen LogP) is 5.43. The van der Waals surface area contributed by atoms with Crippen molar-refractivity contribution in [2.24, 2.45) is 0 Å². The summed E-state index contributed by atoms with van der Waals surface area (Å²) in [6.07, 6.45) is 4.82. The maximum atomic E-state index is 12.1. The molecule has 2 fully saturated rings. The molecule has 5 aromatic rings. The first-order chi connectivity index (χ1) is 24.1. The minimum atomic E-state index is -1.09. The summed E-state index contributed by atoms with van der Waals surface area (Å²) in [5.41, 5.74) is 3.55. The first-order valence-corrected chi connectivity index (χ1v) is 17.2. The molecule has 7 rings (SSSR count). The number of halogens is 2. The van der Waals surface area contributed by atoms with Crippen LogP contribution in [0.4, 0.5) is 11.4 Å². The predicted molar refractivity (Wildman–Crippen MR) is 194 cm³/mol. The monoisotopic (exact) mass is 721 g/mol. The number of imidazole rings is 1. The highest BCUT2D eigenvalue weighted by Crippen LogP contribution is 2.40. The van der Waals surface area contributed by atoms with Gasteiger partial charge in [0.15, 0.2) is 0 Å². The Hall–Kier alpha value is -4.33. The van der Waals surface area contributed by atoms with Gasteiger partial charge in [-0.25, -0.2) is 19.4 Å². The van der Waals surface area contributed by atoms with Gasteiger partial charge < -0.3 is 33.7 Å². The Morgan fingerprint density at radius 1 is 0.980 bits per heavy atom. The van der Waals surface area contributed by atoms with Crippen molar-refractivity contribution in [3.05, 3.63) is 117 Å². The number of piperazine rings is 1. The van der Waals surface area contributed by atoms with Gasteiger partial charge in [-0.3, -0.25) is 0 Å². The number of hydrogen-bond donors (Lipinski definition) is 2. The molecule has 2 atom stereocenters. The average molecular weight is 723 g/mol. The molecule has 50 heavy (non-hydrogen) atoms. The van der Waals surface area contributed by atoms with Gasteiger partial charge in [-0.2, -0.15) is 5.10 Å². The highest BCUT2D eigenvalue weighted by Gasteiger charge is 2.45. The number of nitrogens with zero attached hydrogens (tertiary/aromatic N) is 6. The average Bonchev–Trinajstić information content (AvgIpc) is 3.85. The topological polar surface area (TPSA) is 123 Å². The number of H-pyrrole nitrogens is 1. The number of aromatic amines is 1. The maximum Gasteiger partial charge on any atom is 0.347 e. The van der Waals surface area contributed by atoms with Gasteiger partial charge in [0.2, 0.25) is 5.79 Å². The Morgan fingerprint density at radius 2 is 1.60 bits per heavy atom. The van der Waals surface area contributed by atoms with Crippen LogP contribution in [0.25, 0.3) is 5.69 Å². The van der Waals surface area contributed by atoms with Gasteiger partial charge in [0.05, 0.1) is 30.2 Å². The molecule has 2 saturated heterocycles. The first-order valence-electron chi connectivity index (χ1n) is 16.5. The molecule has 3 aromatic carbocycles. The second-order valence-electron chi connectivity index (χ2n) is 12.5. The lowest BCUT2D eigenvalue weighted by Gasteiger charge is -2.37. The van der Waals surface area contributed by atoms with Crippen LogP contribution in [0.15, 0.2) is 90.2 Å². The van der Waals surface area contributed by atoms with E-state index in [1.165, 1.54) is 0 Å². The van der Waals surface area contributed by atoms with Crippen LogP contribution < -0.4 is 20.2 Å². The van der Waals surface area contributed by atoms with Gasteiger partial charge in [0, 0.05) is 66.6 Å². The minimum Gasteiger partial charge on any atom is -0.491 e. The Bertz CT molecular complexity index is 1890. The van der Waals surface area contributed by atoms with E-state index in [2.05, 4.69) is 49.2 Å². The number of hydrogen-bond acceptors (Lipinski definition) is 9. The van der Waals surface area contributed by atoms with Crippen molar-refractivity contribution in [3.8, 4) is 11.4 Å². The molecule has 0 radical (unpaired) electrons. The molecule has 0 amide bonds. The summed E-state index contributed by atoms with van der Waals surface area (Å²) in [6, 6.07) is 21.5. The number of aromatic nitrogens is 5. The number of aliphatic hydroxyl groups excluding tert-OH is 1. The Kier molecular flexibility index (Phi) is 11.1. The van der Waals surface area contributed by atoms with Crippen LogP contribution in [0.5, 0.6) is 5.75 Å². The maximum absolute atomic E-state index is 12.1. The fourth-order valence-electron chi connectivity index (χ4n) is 6.03. The number of ether oxygens (including phenoxy) is 3. The molecule has 2 aliphatic rings. The third-order valence-electron chi connectivity index (χ3n) is 8.38. The third kappa shape index (κ3) is 8.34. The molecule has 2 unspecified atom stereocenters. The number of aliphatic hydroxyl groups is 1. The molecule has 12 nitrogen and oxygen atoms in total. The van der Waals surface area contributed by atoms with Crippen molar-refractivity contribution in [1.29, 1.82) is 0 Å². The molecular formula is C36H41Cl2N7O5. The number of rotatable bonds is 9. The van der Waals surface area contributed by atoms with E-state index >= 15 is 0 Å². The number of nitrogens with one attached hydrogen (secondary N) is 1. The molecule has 0 bridgehead atoms. The smallest absolute Gasteiger partial charge is 0.347 e. The quantitative estimate of drug-likeness (QED) is 0.205.